The molecule has 0 amide bonds. The van der Waals surface area contributed by atoms with E-state index in [0.717, 1.165) is 11.3 Å². The third-order valence-corrected chi connectivity index (χ3v) is 2.31. The second kappa shape index (κ2) is 3.15. The summed E-state index contributed by atoms with van der Waals surface area (Å²) in [5.74, 6) is 0.690. The van der Waals surface area contributed by atoms with Crippen LogP contribution in [0.25, 0.3) is 5.70 Å². The number of nitrogens with zero attached hydrogens (tertiary/aromatic N) is 4. The highest BCUT2D eigenvalue weighted by atomic mass is 15.2. The molecule has 4 heteroatoms. The zero-order chi connectivity index (χ0) is 11.1. The van der Waals surface area contributed by atoms with Crippen molar-refractivity contribution in [2.24, 2.45) is 4.99 Å². The normalized spacial score (nSPS) is 15.4. The molecular formula is C11H14N4. The van der Waals surface area contributed by atoms with Crippen LogP contribution in [0.3, 0.4) is 0 Å². The number of hydrogen-bond acceptors (Lipinski definition) is 4. The predicted molar refractivity (Wildman–Crippen MR) is 60.8 cm³/mol. The van der Waals surface area contributed by atoms with Crippen molar-refractivity contribution in [3.05, 3.63) is 24.7 Å². The van der Waals surface area contributed by atoms with Gasteiger partial charge in [-0.05, 0) is 20.8 Å². The van der Waals surface area contributed by atoms with Crippen molar-refractivity contribution in [2.45, 2.75) is 26.3 Å². The van der Waals surface area contributed by atoms with Crippen LogP contribution in [0.4, 0.5) is 5.82 Å². The predicted octanol–water partition coefficient (Wildman–Crippen LogP) is 2.22. The van der Waals surface area contributed by atoms with Gasteiger partial charge in [0.15, 0.2) is 5.82 Å². The molecule has 0 aromatic carbocycles. The summed E-state index contributed by atoms with van der Waals surface area (Å²) in [5.41, 5.74) is 1.76. The number of hydrogen-bond donors (Lipinski definition) is 0. The fraction of sp³-hybridized carbons (Fsp3) is 0.364. The maximum atomic E-state index is 4.28. The fourth-order valence-corrected chi connectivity index (χ4v) is 1.52. The van der Waals surface area contributed by atoms with Gasteiger partial charge in [0, 0.05) is 17.4 Å². The van der Waals surface area contributed by atoms with Crippen molar-refractivity contribution in [3.63, 3.8) is 0 Å². The summed E-state index contributed by atoms with van der Waals surface area (Å²) < 4.78 is 0. The van der Waals surface area contributed by atoms with E-state index in [4.69, 9.17) is 0 Å². The molecule has 0 atom stereocenters. The molecule has 0 spiro atoms. The molecule has 0 N–H and O–H groups in total. The average Bonchev–Trinajstić information content (AvgIpc) is 2.16. The highest BCUT2D eigenvalue weighted by Gasteiger charge is 2.26. The molecule has 0 unspecified atom stereocenters. The van der Waals surface area contributed by atoms with Gasteiger partial charge in [0.2, 0.25) is 0 Å². The van der Waals surface area contributed by atoms with Gasteiger partial charge in [0.05, 0.1) is 11.9 Å². The van der Waals surface area contributed by atoms with E-state index in [-0.39, 0.29) is 5.54 Å². The third-order valence-electron chi connectivity index (χ3n) is 2.31. The molecule has 0 radical (unpaired) electrons. The van der Waals surface area contributed by atoms with Gasteiger partial charge >= 0.3 is 0 Å². The van der Waals surface area contributed by atoms with Crippen LogP contribution in [0.1, 0.15) is 26.3 Å². The van der Waals surface area contributed by atoms with Gasteiger partial charge < -0.3 is 4.90 Å². The Labute approximate surface area is 89.4 Å². The van der Waals surface area contributed by atoms with Gasteiger partial charge in [-0.3, -0.25) is 0 Å². The van der Waals surface area contributed by atoms with E-state index in [0.29, 0.717) is 5.82 Å². The minimum absolute atomic E-state index is 0.0336. The van der Waals surface area contributed by atoms with Crippen LogP contribution in [-0.2, 0) is 0 Å². The first-order valence-electron chi connectivity index (χ1n) is 4.83. The minimum Gasteiger partial charge on any atom is -0.327 e. The van der Waals surface area contributed by atoms with Crippen molar-refractivity contribution < 1.29 is 0 Å². The molecule has 15 heavy (non-hydrogen) atoms. The molecule has 0 saturated heterocycles. The SMILES string of the molecule is C=C1c2cncnc2N=CN1C(C)(C)C. The Morgan fingerprint density at radius 1 is 1.33 bits per heavy atom. The van der Waals surface area contributed by atoms with Crippen LogP contribution in [0.2, 0.25) is 0 Å². The Kier molecular flexibility index (Phi) is 2.07. The van der Waals surface area contributed by atoms with Crippen molar-refractivity contribution in [2.75, 3.05) is 0 Å². The van der Waals surface area contributed by atoms with Gasteiger partial charge in [-0.1, -0.05) is 6.58 Å². The quantitative estimate of drug-likeness (QED) is 0.647. The van der Waals surface area contributed by atoms with Crippen LogP contribution < -0.4 is 0 Å². The Morgan fingerprint density at radius 3 is 2.73 bits per heavy atom. The Balaban J connectivity index is 2.46. The summed E-state index contributed by atoms with van der Waals surface area (Å²) in [4.78, 5) is 14.4. The van der Waals surface area contributed by atoms with Gasteiger partial charge in [-0.15, -0.1) is 0 Å². The van der Waals surface area contributed by atoms with Crippen LogP contribution in [0, 0.1) is 0 Å². The maximum Gasteiger partial charge on any atom is 0.166 e. The fourth-order valence-electron chi connectivity index (χ4n) is 1.52. The molecular weight excluding hydrogens is 188 g/mol. The van der Waals surface area contributed by atoms with Crippen molar-refractivity contribution in [1.82, 2.24) is 14.9 Å². The lowest BCUT2D eigenvalue weighted by Crippen LogP contribution is -2.39. The molecule has 2 heterocycles. The van der Waals surface area contributed by atoms with Gasteiger partial charge in [-0.25, -0.2) is 15.0 Å². The summed E-state index contributed by atoms with van der Waals surface area (Å²) in [6.45, 7) is 10.4. The highest BCUT2D eigenvalue weighted by Crippen LogP contribution is 2.32. The van der Waals surface area contributed by atoms with Crippen molar-refractivity contribution in [3.8, 4) is 0 Å². The third kappa shape index (κ3) is 1.63. The van der Waals surface area contributed by atoms with Gasteiger partial charge in [0.25, 0.3) is 0 Å². The van der Waals surface area contributed by atoms with Crippen LogP contribution >= 0.6 is 0 Å². The highest BCUT2D eigenvalue weighted by molar-refractivity contribution is 5.85. The van der Waals surface area contributed by atoms with E-state index in [1.165, 1.54) is 6.33 Å². The monoisotopic (exact) mass is 202 g/mol. The lowest BCUT2D eigenvalue weighted by molar-refractivity contribution is 0.334. The van der Waals surface area contributed by atoms with E-state index in [9.17, 15) is 0 Å². The first kappa shape index (κ1) is 9.83. The van der Waals surface area contributed by atoms with E-state index >= 15 is 0 Å². The van der Waals surface area contributed by atoms with E-state index < -0.39 is 0 Å². The number of rotatable bonds is 0. The van der Waals surface area contributed by atoms with Gasteiger partial charge in [-0.2, -0.15) is 0 Å². The molecule has 1 aliphatic rings. The zero-order valence-electron chi connectivity index (χ0n) is 9.23. The summed E-state index contributed by atoms with van der Waals surface area (Å²) in [5, 5.41) is 0. The largest absolute Gasteiger partial charge is 0.327 e. The zero-order valence-corrected chi connectivity index (χ0v) is 9.23. The summed E-state index contributed by atoms with van der Waals surface area (Å²) in [6, 6.07) is 0. The standard InChI is InChI=1S/C11H14N4/c1-8-9-5-12-6-13-10(9)14-7-15(8)11(2,3)4/h5-7H,1H2,2-4H3. The number of aromatic nitrogens is 2. The number of aliphatic imine (C=N–C) groups is 1. The van der Waals surface area contributed by atoms with Gasteiger partial charge in [0.1, 0.15) is 6.33 Å². The lowest BCUT2D eigenvalue weighted by atomic mass is 10.0. The van der Waals surface area contributed by atoms with E-state index in [2.05, 4.69) is 42.3 Å². The topological polar surface area (TPSA) is 41.4 Å². The van der Waals surface area contributed by atoms with Crippen LogP contribution in [0.5, 0.6) is 0 Å². The molecule has 1 aromatic rings. The molecule has 0 aliphatic carbocycles. The minimum atomic E-state index is -0.0336. The molecule has 1 aliphatic heterocycles. The summed E-state index contributed by atoms with van der Waals surface area (Å²) in [6.07, 6.45) is 5.02. The van der Waals surface area contributed by atoms with Crippen LogP contribution in [-0.4, -0.2) is 26.7 Å². The second-order valence-corrected chi connectivity index (χ2v) is 4.49. The van der Waals surface area contributed by atoms with Crippen LogP contribution in [0.15, 0.2) is 24.1 Å². The van der Waals surface area contributed by atoms with Crippen molar-refractivity contribution >= 4 is 17.9 Å². The molecule has 2 rings (SSSR count). The molecule has 4 nitrogen and oxygen atoms in total. The Hall–Kier alpha value is -1.71. The van der Waals surface area contributed by atoms with E-state index in [1.807, 2.05) is 4.90 Å². The summed E-state index contributed by atoms with van der Waals surface area (Å²) >= 11 is 0. The average molecular weight is 202 g/mol. The molecule has 0 saturated carbocycles. The molecule has 78 valence electrons. The summed E-state index contributed by atoms with van der Waals surface area (Å²) in [7, 11) is 0. The smallest absolute Gasteiger partial charge is 0.166 e. The van der Waals surface area contributed by atoms with E-state index in [1.54, 1.807) is 12.5 Å². The molecule has 1 aromatic heterocycles. The first-order valence-corrected chi connectivity index (χ1v) is 4.83. The Bertz CT molecular complexity index is 428. The number of fused-ring (bicyclic) bond motifs is 1. The first-order chi connectivity index (χ1) is 7.00. The molecule has 0 bridgehead atoms. The lowest BCUT2D eigenvalue weighted by Gasteiger charge is -2.37. The van der Waals surface area contributed by atoms with Crippen molar-refractivity contribution in [1.29, 1.82) is 0 Å². The molecule has 0 fully saturated rings. The Morgan fingerprint density at radius 2 is 2.07 bits per heavy atom. The second-order valence-electron chi connectivity index (χ2n) is 4.49. The maximum absolute atomic E-state index is 4.28.